The second-order valence-electron chi connectivity index (χ2n) is 3.66. The molecule has 7 heteroatoms. The van der Waals surface area contributed by atoms with Crippen LogP contribution < -0.4 is 0 Å². The fourth-order valence-electron chi connectivity index (χ4n) is 1.35. The van der Waals surface area contributed by atoms with Gasteiger partial charge >= 0.3 is 10.1 Å². The van der Waals surface area contributed by atoms with Crippen molar-refractivity contribution in [3.8, 4) is 6.07 Å². The fraction of sp³-hybridized carbons (Fsp3) is 0. The van der Waals surface area contributed by atoms with E-state index in [1.807, 2.05) is 6.07 Å². The number of oxime groups is 1. The molecule has 1 aromatic heterocycles. The molecule has 0 saturated carbocycles. The van der Waals surface area contributed by atoms with Crippen molar-refractivity contribution in [3.05, 3.63) is 59.9 Å². The van der Waals surface area contributed by atoms with Crippen LogP contribution in [0.1, 0.15) is 11.3 Å². The molecule has 2 rings (SSSR count). The molecule has 0 amide bonds. The van der Waals surface area contributed by atoms with Gasteiger partial charge in [0.05, 0.1) is 23.5 Å². The second-order valence-corrected chi connectivity index (χ2v) is 5.19. The molecule has 0 bridgehead atoms. The predicted octanol–water partition coefficient (Wildman–Crippen LogP) is 1.69. The van der Waals surface area contributed by atoms with Crippen LogP contribution in [0.25, 0.3) is 0 Å². The molecular weight excluding hydrogens is 278 g/mol. The number of nitriles is 1. The van der Waals surface area contributed by atoms with Crippen molar-refractivity contribution in [1.29, 1.82) is 5.26 Å². The number of hydrogen-bond donors (Lipinski definition) is 0. The zero-order valence-electron chi connectivity index (χ0n) is 10.2. The highest BCUT2D eigenvalue weighted by Gasteiger charge is 2.14. The van der Waals surface area contributed by atoms with Crippen molar-refractivity contribution in [3.63, 3.8) is 0 Å². The van der Waals surface area contributed by atoms with Crippen LogP contribution in [0.5, 0.6) is 0 Å². The molecule has 6 nitrogen and oxygen atoms in total. The molecule has 0 N–H and O–H groups in total. The molecule has 0 atom stereocenters. The lowest BCUT2D eigenvalue weighted by molar-refractivity contribution is 0.341. The van der Waals surface area contributed by atoms with Crippen molar-refractivity contribution in [2.75, 3.05) is 0 Å². The molecule has 0 aliphatic heterocycles. The van der Waals surface area contributed by atoms with Gasteiger partial charge < -0.3 is 0 Å². The van der Waals surface area contributed by atoms with Gasteiger partial charge in [-0.3, -0.25) is 9.27 Å². The van der Waals surface area contributed by atoms with Gasteiger partial charge in [-0.1, -0.05) is 23.4 Å². The van der Waals surface area contributed by atoms with E-state index >= 15 is 0 Å². The summed E-state index contributed by atoms with van der Waals surface area (Å²) in [5, 5.41) is 12.1. The Morgan fingerprint density at radius 1 is 1.25 bits per heavy atom. The number of nitrogens with zero attached hydrogens (tertiary/aromatic N) is 3. The van der Waals surface area contributed by atoms with Gasteiger partial charge in [0.2, 0.25) is 0 Å². The first-order chi connectivity index (χ1) is 9.62. The Bertz CT molecular complexity index is 765. The van der Waals surface area contributed by atoms with Gasteiger partial charge in [0.1, 0.15) is 4.90 Å². The first-order valence-corrected chi connectivity index (χ1v) is 6.91. The van der Waals surface area contributed by atoms with Crippen LogP contribution >= 0.6 is 0 Å². The van der Waals surface area contributed by atoms with Crippen LogP contribution in [0.3, 0.4) is 0 Å². The van der Waals surface area contributed by atoms with Crippen LogP contribution in [0.2, 0.25) is 0 Å². The number of hydrogen-bond acceptors (Lipinski definition) is 6. The molecule has 0 saturated heterocycles. The third kappa shape index (κ3) is 3.40. The van der Waals surface area contributed by atoms with Crippen molar-refractivity contribution in [2.45, 2.75) is 4.90 Å². The van der Waals surface area contributed by atoms with Gasteiger partial charge in [0, 0.05) is 6.20 Å². The Kier molecular flexibility index (Phi) is 4.08. The van der Waals surface area contributed by atoms with E-state index in [0.29, 0.717) is 11.3 Å². The first kappa shape index (κ1) is 13.7. The summed E-state index contributed by atoms with van der Waals surface area (Å²) in [7, 11) is -3.94. The van der Waals surface area contributed by atoms with E-state index < -0.39 is 10.1 Å². The first-order valence-electron chi connectivity index (χ1n) is 5.50. The third-order valence-electron chi connectivity index (χ3n) is 2.27. The van der Waals surface area contributed by atoms with Crippen molar-refractivity contribution < 1.29 is 12.7 Å². The molecule has 100 valence electrons. The summed E-state index contributed by atoms with van der Waals surface area (Å²) in [6, 6.07) is 12.6. The minimum Gasteiger partial charge on any atom is -0.265 e. The summed E-state index contributed by atoms with van der Waals surface area (Å²) < 4.78 is 28.0. The number of aromatic nitrogens is 1. The van der Waals surface area contributed by atoms with Crippen molar-refractivity contribution in [2.24, 2.45) is 5.16 Å². The van der Waals surface area contributed by atoms with E-state index in [9.17, 15) is 8.42 Å². The Balaban J connectivity index is 2.12. The van der Waals surface area contributed by atoms with Gasteiger partial charge in [0.15, 0.2) is 0 Å². The summed E-state index contributed by atoms with van der Waals surface area (Å²) in [5.74, 6) is 0. The summed E-state index contributed by atoms with van der Waals surface area (Å²) in [6.07, 6.45) is 2.55. The average Bonchev–Trinajstić information content (AvgIpc) is 2.48. The zero-order chi connectivity index (χ0) is 14.4. The van der Waals surface area contributed by atoms with Gasteiger partial charge in [-0.05, 0) is 24.3 Å². The van der Waals surface area contributed by atoms with E-state index in [-0.39, 0.29) is 4.90 Å². The van der Waals surface area contributed by atoms with Gasteiger partial charge in [-0.15, -0.1) is 0 Å². The van der Waals surface area contributed by atoms with E-state index in [1.54, 1.807) is 18.2 Å². The lowest BCUT2D eigenvalue weighted by atomic mass is 10.2. The van der Waals surface area contributed by atoms with Crippen LogP contribution in [0, 0.1) is 11.3 Å². The van der Waals surface area contributed by atoms with Crippen LogP contribution in [0.15, 0.2) is 58.7 Å². The molecular formula is C13H9N3O3S. The molecule has 1 aromatic carbocycles. The minimum atomic E-state index is -3.94. The molecule has 0 unspecified atom stereocenters. The molecule has 0 radical (unpaired) electrons. The van der Waals surface area contributed by atoms with Crippen LogP contribution in [0.4, 0.5) is 0 Å². The third-order valence-corrected chi connectivity index (χ3v) is 3.40. The molecule has 2 aromatic rings. The topological polar surface area (TPSA) is 92.4 Å². The quantitative estimate of drug-likeness (QED) is 0.630. The number of rotatable bonds is 4. The molecule has 0 spiro atoms. The highest BCUT2D eigenvalue weighted by Crippen LogP contribution is 2.11. The van der Waals surface area contributed by atoms with Crippen LogP contribution in [-0.4, -0.2) is 19.6 Å². The normalized spacial score (nSPS) is 11.2. The lowest BCUT2D eigenvalue weighted by Crippen LogP contribution is -2.02. The predicted molar refractivity (Wildman–Crippen MR) is 71.3 cm³/mol. The molecule has 1 heterocycles. The van der Waals surface area contributed by atoms with E-state index in [4.69, 9.17) is 5.26 Å². The zero-order valence-corrected chi connectivity index (χ0v) is 11.0. The van der Waals surface area contributed by atoms with Crippen molar-refractivity contribution in [1.82, 2.24) is 4.98 Å². The highest BCUT2D eigenvalue weighted by atomic mass is 32.2. The van der Waals surface area contributed by atoms with E-state index in [0.717, 1.165) is 6.21 Å². The van der Waals surface area contributed by atoms with Gasteiger partial charge in [-0.2, -0.15) is 13.7 Å². The summed E-state index contributed by atoms with van der Waals surface area (Å²) in [5.41, 5.74) is 0.722. The molecule has 20 heavy (non-hydrogen) atoms. The Morgan fingerprint density at radius 2 is 2.00 bits per heavy atom. The standard InChI is InChI=1S/C13H9N3O3S/c14-9-11-6-7-15-12(8-11)10-16-19-20(17,18)13-4-2-1-3-5-13/h1-8,10H. The number of pyridine rings is 1. The van der Waals surface area contributed by atoms with E-state index in [2.05, 4.69) is 14.4 Å². The highest BCUT2D eigenvalue weighted by molar-refractivity contribution is 7.86. The Labute approximate surface area is 116 Å². The summed E-state index contributed by atoms with van der Waals surface area (Å²) in [4.78, 5) is 3.91. The number of benzene rings is 1. The SMILES string of the molecule is N#Cc1ccnc(C=NOS(=O)(=O)c2ccccc2)c1. The maximum Gasteiger partial charge on any atom is 0.358 e. The summed E-state index contributed by atoms with van der Waals surface area (Å²) >= 11 is 0. The molecule has 0 aliphatic carbocycles. The minimum absolute atomic E-state index is 0.0101. The largest absolute Gasteiger partial charge is 0.358 e. The molecule has 0 fully saturated rings. The lowest BCUT2D eigenvalue weighted by Gasteiger charge is -2.00. The average molecular weight is 287 g/mol. The summed E-state index contributed by atoms with van der Waals surface area (Å²) in [6.45, 7) is 0. The van der Waals surface area contributed by atoms with E-state index in [1.165, 1.54) is 30.5 Å². The monoisotopic (exact) mass is 287 g/mol. The van der Waals surface area contributed by atoms with Gasteiger partial charge in [0.25, 0.3) is 0 Å². The Morgan fingerprint density at radius 3 is 2.70 bits per heavy atom. The van der Waals surface area contributed by atoms with Crippen LogP contribution in [-0.2, 0) is 14.4 Å². The van der Waals surface area contributed by atoms with Crippen molar-refractivity contribution >= 4 is 16.3 Å². The second kappa shape index (κ2) is 5.95. The Hall–Kier alpha value is -2.72. The fourth-order valence-corrected chi connectivity index (χ4v) is 2.08. The molecule has 0 aliphatic rings. The maximum absolute atomic E-state index is 11.7. The smallest absolute Gasteiger partial charge is 0.265 e. The van der Waals surface area contributed by atoms with Gasteiger partial charge in [-0.25, -0.2) is 0 Å². The maximum atomic E-state index is 11.7.